The third kappa shape index (κ3) is 3.99. The number of nitrogens with zero attached hydrogens (tertiary/aromatic N) is 2. The number of carbonyl (C=O) groups is 2. The number of fused-ring (bicyclic) bond motifs is 1. The van der Waals surface area contributed by atoms with Crippen molar-refractivity contribution in [2.45, 2.75) is 46.1 Å². The van der Waals surface area contributed by atoms with Gasteiger partial charge >= 0.3 is 0 Å². The Morgan fingerprint density at radius 3 is 2.60 bits per heavy atom. The van der Waals surface area contributed by atoms with Crippen LogP contribution in [0.5, 0.6) is 0 Å². The van der Waals surface area contributed by atoms with Crippen LogP contribution in [-0.4, -0.2) is 21.6 Å². The quantitative estimate of drug-likeness (QED) is 0.674. The van der Waals surface area contributed by atoms with Gasteiger partial charge in [0, 0.05) is 23.9 Å². The summed E-state index contributed by atoms with van der Waals surface area (Å²) in [5, 5.41) is 10.5. The molecule has 2 amide bonds. The van der Waals surface area contributed by atoms with Crippen molar-refractivity contribution in [2.75, 3.05) is 5.32 Å². The maximum atomic E-state index is 13.1. The van der Waals surface area contributed by atoms with Gasteiger partial charge in [-0.05, 0) is 62.9 Å². The second-order valence-electron chi connectivity index (χ2n) is 7.88. The zero-order valence-corrected chi connectivity index (χ0v) is 17.5. The fourth-order valence-electron chi connectivity index (χ4n) is 3.96. The maximum Gasteiger partial charge on any atom is 0.272 e. The largest absolute Gasteiger partial charge is 0.344 e. The predicted octanol–water partition coefficient (Wildman–Crippen LogP) is 4.12. The Hall–Kier alpha value is -3.41. The third-order valence-electron chi connectivity index (χ3n) is 5.48. The Kier molecular flexibility index (Phi) is 5.40. The average Bonchev–Trinajstić information content (AvgIpc) is 3.31. The number of hydrogen-bond acceptors (Lipinski definition) is 3. The summed E-state index contributed by atoms with van der Waals surface area (Å²) in [4.78, 5) is 24.4. The minimum absolute atomic E-state index is 0.124. The van der Waals surface area contributed by atoms with Crippen molar-refractivity contribution in [1.82, 2.24) is 15.1 Å². The molecule has 0 radical (unpaired) electrons. The van der Waals surface area contributed by atoms with Gasteiger partial charge < -0.3 is 10.6 Å². The van der Waals surface area contributed by atoms with Crippen molar-refractivity contribution in [1.29, 1.82) is 0 Å². The normalized spacial score (nSPS) is 13.6. The summed E-state index contributed by atoms with van der Waals surface area (Å²) in [7, 11) is 0. The molecule has 154 valence electrons. The second-order valence-corrected chi connectivity index (χ2v) is 7.88. The van der Waals surface area contributed by atoms with Gasteiger partial charge in [0.15, 0.2) is 5.69 Å². The first-order valence-corrected chi connectivity index (χ1v) is 10.3. The highest BCUT2D eigenvalue weighted by Crippen LogP contribution is 2.28. The number of rotatable bonds is 5. The van der Waals surface area contributed by atoms with Crippen molar-refractivity contribution < 1.29 is 9.59 Å². The van der Waals surface area contributed by atoms with E-state index < -0.39 is 0 Å². The van der Waals surface area contributed by atoms with Crippen molar-refractivity contribution in [2.24, 2.45) is 0 Å². The molecule has 6 heteroatoms. The van der Waals surface area contributed by atoms with Crippen LogP contribution in [0, 0.1) is 6.92 Å². The Bertz CT molecular complexity index is 1100. The van der Waals surface area contributed by atoms with Gasteiger partial charge in [0.25, 0.3) is 5.91 Å². The monoisotopic (exact) mass is 402 g/mol. The van der Waals surface area contributed by atoms with Gasteiger partial charge in [-0.3, -0.25) is 9.59 Å². The molecule has 1 atom stereocenters. The lowest BCUT2D eigenvalue weighted by Gasteiger charge is -2.15. The molecule has 2 aromatic carbocycles. The van der Waals surface area contributed by atoms with Crippen LogP contribution in [-0.2, 0) is 17.6 Å². The summed E-state index contributed by atoms with van der Waals surface area (Å²) >= 11 is 0. The van der Waals surface area contributed by atoms with Crippen LogP contribution >= 0.6 is 0 Å². The molecule has 0 bridgehead atoms. The molecule has 4 rings (SSSR count). The topological polar surface area (TPSA) is 76.0 Å². The molecule has 3 aromatic rings. The molecule has 0 fully saturated rings. The van der Waals surface area contributed by atoms with Gasteiger partial charge in [0.05, 0.1) is 11.7 Å². The first-order chi connectivity index (χ1) is 14.4. The molecule has 6 nitrogen and oxygen atoms in total. The molecular formula is C24H26N4O2. The number of carbonyl (C=O) groups excluding carboxylic acids is 2. The van der Waals surface area contributed by atoms with E-state index in [-0.39, 0.29) is 17.9 Å². The summed E-state index contributed by atoms with van der Waals surface area (Å²) in [6.07, 6.45) is 2.84. The van der Waals surface area contributed by atoms with Crippen LogP contribution in [0.4, 0.5) is 5.69 Å². The Labute approximate surface area is 176 Å². The van der Waals surface area contributed by atoms with E-state index in [2.05, 4.69) is 34.8 Å². The van der Waals surface area contributed by atoms with E-state index in [4.69, 9.17) is 0 Å². The van der Waals surface area contributed by atoms with Crippen LogP contribution in [0.2, 0.25) is 0 Å². The van der Waals surface area contributed by atoms with Crippen LogP contribution in [0.3, 0.4) is 0 Å². The smallest absolute Gasteiger partial charge is 0.272 e. The molecule has 2 N–H and O–H groups in total. The Morgan fingerprint density at radius 1 is 1.10 bits per heavy atom. The van der Waals surface area contributed by atoms with E-state index in [0.717, 1.165) is 41.8 Å². The molecule has 1 aromatic heterocycles. The van der Waals surface area contributed by atoms with E-state index in [9.17, 15) is 9.59 Å². The number of aryl methyl sites for hydroxylation is 1. The van der Waals surface area contributed by atoms with E-state index in [0.29, 0.717) is 11.4 Å². The lowest BCUT2D eigenvalue weighted by molar-refractivity contribution is -0.114. The number of anilines is 1. The number of amides is 2. The first kappa shape index (κ1) is 19.9. The van der Waals surface area contributed by atoms with Gasteiger partial charge in [0.2, 0.25) is 5.91 Å². The van der Waals surface area contributed by atoms with Crippen LogP contribution in [0.15, 0.2) is 48.5 Å². The van der Waals surface area contributed by atoms with Crippen molar-refractivity contribution in [3.05, 3.63) is 76.6 Å². The highest BCUT2D eigenvalue weighted by atomic mass is 16.2. The van der Waals surface area contributed by atoms with Gasteiger partial charge in [-0.2, -0.15) is 5.10 Å². The number of nitrogens with one attached hydrogen (secondary N) is 2. The van der Waals surface area contributed by atoms with Gasteiger partial charge in [-0.15, -0.1) is 0 Å². The van der Waals surface area contributed by atoms with Gasteiger partial charge in [0.1, 0.15) is 0 Å². The maximum absolute atomic E-state index is 13.1. The molecule has 1 aliphatic rings. The van der Waals surface area contributed by atoms with Crippen molar-refractivity contribution in [3.63, 3.8) is 0 Å². The molecule has 0 aliphatic heterocycles. The Balaban J connectivity index is 1.58. The zero-order valence-electron chi connectivity index (χ0n) is 17.5. The Morgan fingerprint density at radius 2 is 1.87 bits per heavy atom. The van der Waals surface area contributed by atoms with Crippen molar-refractivity contribution >= 4 is 17.5 Å². The molecule has 0 saturated carbocycles. The highest BCUT2D eigenvalue weighted by Gasteiger charge is 2.27. The summed E-state index contributed by atoms with van der Waals surface area (Å²) in [6.45, 7) is 5.46. The average molecular weight is 402 g/mol. The number of hydrogen-bond donors (Lipinski definition) is 2. The highest BCUT2D eigenvalue weighted by molar-refractivity contribution is 5.94. The minimum Gasteiger partial charge on any atom is -0.344 e. The van der Waals surface area contributed by atoms with Crippen LogP contribution < -0.4 is 10.6 Å². The molecule has 0 saturated heterocycles. The fraction of sp³-hybridized carbons (Fsp3) is 0.292. The minimum atomic E-state index is -0.215. The summed E-state index contributed by atoms with van der Waals surface area (Å²) in [5.41, 5.74) is 6.49. The summed E-state index contributed by atoms with van der Waals surface area (Å²) in [6, 6.07) is 15.5. The van der Waals surface area contributed by atoms with Crippen LogP contribution in [0.25, 0.3) is 5.69 Å². The van der Waals surface area contributed by atoms with E-state index in [1.165, 1.54) is 12.5 Å². The third-order valence-corrected chi connectivity index (χ3v) is 5.48. The summed E-state index contributed by atoms with van der Waals surface area (Å²) in [5.74, 6) is -0.294. The first-order valence-electron chi connectivity index (χ1n) is 10.3. The van der Waals surface area contributed by atoms with Crippen molar-refractivity contribution in [3.8, 4) is 5.69 Å². The molecule has 1 unspecified atom stereocenters. The second kappa shape index (κ2) is 8.14. The van der Waals surface area contributed by atoms with Gasteiger partial charge in [-0.1, -0.05) is 29.8 Å². The standard InChI is InChI=1S/C24H26N4O2/c1-15-10-12-20(13-11-15)28-22-9-5-8-21(22)23(27-28)24(30)25-16(2)18-6-4-7-19(14-18)26-17(3)29/h4,6-7,10-14,16H,5,8-9H2,1-3H3,(H,25,30)(H,26,29). The van der Waals surface area contributed by atoms with Crippen LogP contribution in [0.1, 0.15) is 59.2 Å². The number of benzene rings is 2. The number of aromatic nitrogens is 2. The SMILES string of the molecule is CC(=O)Nc1cccc(C(C)NC(=O)c2nn(-c3ccc(C)cc3)c3c2CCC3)c1. The predicted molar refractivity (Wildman–Crippen MR) is 117 cm³/mol. The molecule has 1 aliphatic carbocycles. The lowest BCUT2D eigenvalue weighted by atomic mass is 10.1. The van der Waals surface area contributed by atoms with E-state index in [1.54, 1.807) is 0 Å². The molecule has 1 heterocycles. The fourth-order valence-corrected chi connectivity index (χ4v) is 3.96. The molecule has 0 spiro atoms. The molecule has 30 heavy (non-hydrogen) atoms. The van der Waals surface area contributed by atoms with E-state index in [1.807, 2.05) is 48.0 Å². The lowest BCUT2D eigenvalue weighted by Crippen LogP contribution is -2.28. The van der Waals surface area contributed by atoms with Gasteiger partial charge in [-0.25, -0.2) is 4.68 Å². The summed E-state index contributed by atoms with van der Waals surface area (Å²) < 4.78 is 1.92. The van der Waals surface area contributed by atoms with E-state index >= 15 is 0 Å². The zero-order chi connectivity index (χ0) is 21.3. The molecular weight excluding hydrogens is 376 g/mol.